The maximum atomic E-state index is 4.27. The molecule has 0 fully saturated rings. The summed E-state index contributed by atoms with van der Waals surface area (Å²) >= 11 is 1.69. The van der Waals surface area contributed by atoms with Crippen LogP contribution in [0.3, 0.4) is 0 Å². The Bertz CT molecular complexity index is 466. The van der Waals surface area contributed by atoms with Gasteiger partial charge < -0.3 is 10.2 Å². The van der Waals surface area contributed by atoms with Gasteiger partial charge in [-0.1, -0.05) is 24.3 Å². The molecule has 0 aliphatic carbocycles. The molecule has 1 N–H and O–H groups in total. The number of aromatic nitrogens is 1. The molecule has 0 saturated heterocycles. The van der Waals surface area contributed by atoms with Crippen LogP contribution in [0.2, 0.25) is 0 Å². The standard InChI is InChI=1S/C14H19N3S/c1-17(2)11-13-6-4-3-5-12(13)9-15-10-14-16-7-8-18-14/h3-8,15H,9-11H2,1-2H3. The van der Waals surface area contributed by atoms with Gasteiger partial charge in [0.05, 0.1) is 0 Å². The minimum absolute atomic E-state index is 0.841. The summed E-state index contributed by atoms with van der Waals surface area (Å²) in [6, 6.07) is 8.58. The first-order valence-corrected chi connectivity index (χ1v) is 6.94. The third kappa shape index (κ3) is 3.91. The average Bonchev–Trinajstić information content (AvgIpc) is 2.84. The molecule has 1 aromatic heterocycles. The van der Waals surface area contributed by atoms with Gasteiger partial charge >= 0.3 is 0 Å². The average molecular weight is 261 g/mol. The SMILES string of the molecule is CN(C)Cc1ccccc1CNCc1nccs1. The van der Waals surface area contributed by atoms with Crippen molar-refractivity contribution in [3.63, 3.8) is 0 Å². The lowest BCUT2D eigenvalue weighted by atomic mass is 10.1. The van der Waals surface area contributed by atoms with E-state index in [1.807, 2.05) is 11.6 Å². The van der Waals surface area contributed by atoms with Gasteiger partial charge in [0.15, 0.2) is 0 Å². The summed E-state index contributed by atoms with van der Waals surface area (Å²) in [6.07, 6.45) is 1.85. The maximum Gasteiger partial charge on any atom is 0.106 e. The molecule has 0 spiro atoms. The van der Waals surface area contributed by atoms with Crippen LogP contribution in [-0.2, 0) is 19.6 Å². The molecule has 1 aromatic carbocycles. The highest BCUT2D eigenvalue weighted by Crippen LogP contribution is 2.11. The molecule has 18 heavy (non-hydrogen) atoms. The Morgan fingerprint density at radius 1 is 1.17 bits per heavy atom. The molecule has 4 heteroatoms. The van der Waals surface area contributed by atoms with Gasteiger partial charge in [0.1, 0.15) is 5.01 Å². The van der Waals surface area contributed by atoms with Crippen molar-refractivity contribution in [2.24, 2.45) is 0 Å². The fraction of sp³-hybridized carbons (Fsp3) is 0.357. The van der Waals surface area contributed by atoms with Gasteiger partial charge in [-0.25, -0.2) is 4.98 Å². The Balaban J connectivity index is 1.92. The molecular formula is C14H19N3S. The first-order chi connectivity index (χ1) is 8.75. The third-order valence-electron chi connectivity index (χ3n) is 2.68. The van der Waals surface area contributed by atoms with Crippen LogP contribution in [0.25, 0.3) is 0 Å². The maximum absolute atomic E-state index is 4.27. The van der Waals surface area contributed by atoms with Gasteiger partial charge in [-0.15, -0.1) is 11.3 Å². The van der Waals surface area contributed by atoms with E-state index in [0.29, 0.717) is 0 Å². The van der Waals surface area contributed by atoms with E-state index in [4.69, 9.17) is 0 Å². The number of rotatable bonds is 6. The second-order valence-electron chi connectivity index (χ2n) is 4.54. The molecular weight excluding hydrogens is 242 g/mol. The van der Waals surface area contributed by atoms with E-state index in [-0.39, 0.29) is 0 Å². The summed E-state index contributed by atoms with van der Waals surface area (Å²) in [5.41, 5.74) is 2.75. The van der Waals surface area contributed by atoms with Crippen molar-refractivity contribution >= 4 is 11.3 Å². The van der Waals surface area contributed by atoms with E-state index in [1.54, 1.807) is 11.3 Å². The van der Waals surface area contributed by atoms with Crippen molar-refractivity contribution in [1.29, 1.82) is 0 Å². The van der Waals surface area contributed by atoms with Crippen molar-refractivity contribution in [2.75, 3.05) is 14.1 Å². The van der Waals surface area contributed by atoms with Crippen LogP contribution < -0.4 is 5.32 Å². The van der Waals surface area contributed by atoms with Crippen molar-refractivity contribution in [3.05, 3.63) is 52.0 Å². The number of nitrogens with zero attached hydrogens (tertiary/aromatic N) is 2. The van der Waals surface area contributed by atoms with E-state index in [2.05, 4.69) is 53.6 Å². The third-order valence-corrected chi connectivity index (χ3v) is 3.46. The number of thiazole rings is 1. The minimum Gasteiger partial charge on any atom is -0.306 e. The predicted molar refractivity (Wildman–Crippen MR) is 76.5 cm³/mol. The number of benzene rings is 1. The van der Waals surface area contributed by atoms with Crippen LogP contribution in [0.5, 0.6) is 0 Å². The van der Waals surface area contributed by atoms with E-state index in [1.165, 1.54) is 11.1 Å². The fourth-order valence-electron chi connectivity index (χ4n) is 1.87. The highest BCUT2D eigenvalue weighted by atomic mass is 32.1. The van der Waals surface area contributed by atoms with Gasteiger partial charge in [0.25, 0.3) is 0 Å². The summed E-state index contributed by atoms with van der Waals surface area (Å²) in [4.78, 5) is 6.46. The van der Waals surface area contributed by atoms with Crippen LogP contribution >= 0.6 is 11.3 Å². The molecule has 0 unspecified atom stereocenters. The van der Waals surface area contributed by atoms with Crippen LogP contribution in [0, 0.1) is 0 Å². The van der Waals surface area contributed by atoms with Crippen molar-refractivity contribution < 1.29 is 0 Å². The van der Waals surface area contributed by atoms with Crippen molar-refractivity contribution in [3.8, 4) is 0 Å². The Morgan fingerprint density at radius 3 is 2.61 bits per heavy atom. The van der Waals surface area contributed by atoms with Crippen LogP contribution in [0.4, 0.5) is 0 Å². The summed E-state index contributed by atoms with van der Waals surface area (Å²) in [7, 11) is 4.19. The second kappa shape index (κ2) is 6.64. The summed E-state index contributed by atoms with van der Waals surface area (Å²) < 4.78 is 0. The first kappa shape index (κ1) is 13.2. The molecule has 0 amide bonds. The molecule has 0 bridgehead atoms. The smallest absolute Gasteiger partial charge is 0.106 e. The van der Waals surface area contributed by atoms with E-state index in [9.17, 15) is 0 Å². The quantitative estimate of drug-likeness (QED) is 0.866. The molecule has 3 nitrogen and oxygen atoms in total. The van der Waals surface area contributed by atoms with Crippen molar-refractivity contribution in [2.45, 2.75) is 19.6 Å². The van der Waals surface area contributed by atoms with E-state index < -0.39 is 0 Å². The minimum atomic E-state index is 0.841. The van der Waals surface area contributed by atoms with E-state index >= 15 is 0 Å². The molecule has 0 aliphatic rings. The number of nitrogens with one attached hydrogen (secondary N) is 1. The zero-order chi connectivity index (χ0) is 12.8. The fourth-order valence-corrected chi connectivity index (χ4v) is 2.46. The first-order valence-electron chi connectivity index (χ1n) is 6.06. The zero-order valence-electron chi connectivity index (χ0n) is 10.9. The monoisotopic (exact) mass is 261 g/mol. The predicted octanol–water partition coefficient (Wildman–Crippen LogP) is 2.49. The lowest BCUT2D eigenvalue weighted by Crippen LogP contribution is -2.17. The summed E-state index contributed by atoms with van der Waals surface area (Å²) in [5, 5.41) is 6.60. The van der Waals surface area contributed by atoms with Gasteiger partial charge in [0, 0.05) is 31.2 Å². The molecule has 1 heterocycles. The molecule has 2 rings (SSSR count). The van der Waals surface area contributed by atoms with Gasteiger partial charge in [-0.3, -0.25) is 0 Å². The topological polar surface area (TPSA) is 28.2 Å². The Kier molecular flexibility index (Phi) is 4.87. The van der Waals surface area contributed by atoms with Crippen LogP contribution in [0.15, 0.2) is 35.8 Å². The molecule has 0 radical (unpaired) electrons. The molecule has 2 aromatic rings. The van der Waals surface area contributed by atoms with Crippen LogP contribution in [0.1, 0.15) is 16.1 Å². The largest absolute Gasteiger partial charge is 0.306 e. The summed E-state index contributed by atoms with van der Waals surface area (Å²) in [6.45, 7) is 2.71. The van der Waals surface area contributed by atoms with Gasteiger partial charge in [-0.2, -0.15) is 0 Å². The normalized spacial score (nSPS) is 11.1. The highest BCUT2D eigenvalue weighted by Gasteiger charge is 2.03. The van der Waals surface area contributed by atoms with Gasteiger partial charge in [-0.05, 0) is 25.2 Å². The Hall–Kier alpha value is -1.23. The Labute approximate surface area is 112 Å². The van der Waals surface area contributed by atoms with Crippen molar-refractivity contribution in [1.82, 2.24) is 15.2 Å². The highest BCUT2D eigenvalue weighted by molar-refractivity contribution is 7.09. The lowest BCUT2D eigenvalue weighted by Gasteiger charge is -2.14. The second-order valence-corrected chi connectivity index (χ2v) is 5.52. The van der Waals surface area contributed by atoms with Crippen LogP contribution in [-0.4, -0.2) is 24.0 Å². The number of hydrogen-bond donors (Lipinski definition) is 1. The van der Waals surface area contributed by atoms with Gasteiger partial charge in [0.2, 0.25) is 0 Å². The summed E-state index contributed by atoms with van der Waals surface area (Å²) in [5.74, 6) is 0. The molecule has 0 saturated carbocycles. The Morgan fingerprint density at radius 2 is 1.94 bits per heavy atom. The molecule has 0 atom stereocenters. The molecule has 96 valence electrons. The molecule has 0 aliphatic heterocycles. The van der Waals surface area contributed by atoms with E-state index in [0.717, 1.165) is 24.6 Å². The zero-order valence-corrected chi connectivity index (χ0v) is 11.7. The number of hydrogen-bond acceptors (Lipinski definition) is 4. The lowest BCUT2D eigenvalue weighted by molar-refractivity contribution is 0.400.